The number of nitrogens with one attached hydrogen (secondary N) is 1. The van der Waals surface area contributed by atoms with Gasteiger partial charge in [-0.15, -0.1) is 0 Å². The Kier molecular flexibility index (Phi) is 5.33. The summed E-state index contributed by atoms with van der Waals surface area (Å²) >= 11 is 0. The van der Waals surface area contributed by atoms with Crippen molar-refractivity contribution in [3.05, 3.63) is 36.4 Å². The van der Waals surface area contributed by atoms with Gasteiger partial charge in [0.2, 0.25) is 0 Å². The summed E-state index contributed by atoms with van der Waals surface area (Å²) in [6.45, 7) is 1.41. The van der Waals surface area contributed by atoms with Crippen LogP contribution in [0.1, 0.15) is 0 Å². The molecule has 0 atom stereocenters. The lowest BCUT2D eigenvalue weighted by Crippen LogP contribution is -2.04. The van der Waals surface area contributed by atoms with Gasteiger partial charge in [-0.2, -0.15) is 0 Å². The van der Waals surface area contributed by atoms with Gasteiger partial charge in [0.15, 0.2) is 11.5 Å². The highest BCUT2D eigenvalue weighted by molar-refractivity contribution is 5.39. The molecule has 0 radical (unpaired) electrons. The second-order valence-electron chi connectivity index (χ2n) is 2.99. The molecule has 15 heavy (non-hydrogen) atoms. The van der Waals surface area contributed by atoms with Gasteiger partial charge in [0.05, 0.1) is 7.11 Å². The number of para-hydroxylation sites is 2. The van der Waals surface area contributed by atoms with Gasteiger partial charge >= 0.3 is 0 Å². The number of benzene rings is 1. The van der Waals surface area contributed by atoms with Crippen LogP contribution in [0.4, 0.5) is 0 Å². The lowest BCUT2D eigenvalue weighted by Gasteiger charge is -2.07. The summed E-state index contributed by atoms with van der Waals surface area (Å²) in [5.74, 6) is 1.54. The van der Waals surface area contributed by atoms with Crippen LogP contribution < -0.4 is 14.8 Å². The van der Waals surface area contributed by atoms with Gasteiger partial charge in [-0.3, -0.25) is 0 Å². The van der Waals surface area contributed by atoms with Crippen molar-refractivity contribution in [3.8, 4) is 11.5 Å². The Bertz CT molecular complexity index is 310. The number of hydrogen-bond acceptors (Lipinski definition) is 3. The Morgan fingerprint density at radius 1 is 1.20 bits per heavy atom. The minimum atomic E-state index is 0.558. The molecule has 1 aromatic carbocycles. The first-order valence-electron chi connectivity index (χ1n) is 4.94. The standard InChI is InChI=1S/C12H17NO2/c1-13-9-5-6-10-15-12-8-4-3-7-11(12)14-2/h3-8,13H,9-10H2,1-2H3/b6-5+. The molecule has 0 aromatic heterocycles. The van der Waals surface area contributed by atoms with Crippen LogP contribution in [0.15, 0.2) is 36.4 Å². The number of likely N-dealkylation sites (N-methyl/N-ethyl adjacent to an activating group) is 1. The van der Waals surface area contributed by atoms with Crippen LogP contribution in [-0.4, -0.2) is 27.3 Å². The molecule has 0 aliphatic carbocycles. The molecule has 0 unspecified atom stereocenters. The lowest BCUT2D eigenvalue weighted by atomic mass is 10.3. The molecule has 0 spiro atoms. The molecule has 82 valence electrons. The lowest BCUT2D eigenvalue weighted by molar-refractivity contribution is 0.326. The quantitative estimate of drug-likeness (QED) is 0.722. The summed E-state index contributed by atoms with van der Waals surface area (Å²) in [6.07, 6.45) is 4.00. The zero-order valence-electron chi connectivity index (χ0n) is 9.19. The van der Waals surface area contributed by atoms with Gasteiger partial charge in [-0.1, -0.05) is 24.3 Å². The number of ether oxygens (including phenoxy) is 2. The minimum Gasteiger partial charge on any atom is -0.493 e. The van der Waals surface area contributed by atoms with E-state index in [2.05, 4.69) is 5.32 Å². The number of hydrogen-bond donors (Lipinski definition) is 1. The Balaban J connectivity index is 2.43. The molecule has 0 saturated heterocycles. The van der Waals surface area contributed by atoms with Crippen LogP contribution in [0.5, 0.6) is 11.5 Å². The minimum absolute atomic E-state index is 0.558. The van der Waals surface area contributed by atoms with E-state index in [0.29, 0.717) is 6.61 Å². The van der Waals surface area contributed by atoms with E-state index in [4.69, 9.17) is 9.47 Å². The molecule has 0 aliphatic rings. The van der Waals surface area contributed by atoms with Crippen LogP contribution in [0, 0.1) is 0 Å². The number of rotatable bonds is 6. The molecular formula is C12H17NO2. The van der Waals surface area contributed by atoms with Gasteiger partial charge in [-0.25, -0.2) is 0 Å². The third kappa shape index (κ3) is 4.04. The van der Waals surface area contributed by atoms with E-state index in [1.54, 1.807) is 7.11 Å². The Labute approximate surface area is 90.7 Å². The Hall–Kier alpha value is -1.48. The third-order valence-electron chi connectivity index (χ3n) is 1.89. The van der Waals surface area contributed by atoms with E-state index < -0.39 is 0 Å². The fourth-order valence-electron chi connectivity index (χ4n) is 1.15. The van der Waals surface area contributed by atoms with Crippen molar-refractivity contribution in [1.82, 2.24) is 5.32 Å². The normalized spacial score (nSPS) is 10.5. The maximum Gasteiger partial charge on any atom is 0.161 e. The average Bonchev–Trinajstić information content (AvgIpc) is 2.29. The Morgan fingerprint density at radius 2 is 1.93 bits per heavy atom. The molecular weight excluding hydrogens is 190 g/mol. The molecule has 0 bridgehead atoms. The van der Waals surface area contributed by atoms with Crippen molar-refractivity contribution in [1.29, 1.82) is 0 Å². The fraction of sp³-hybridized carbons (Fsp3) is 0.333. The van der Waals surface area contributed by atoms with Crippen molar-refractivity contribution >= 4 is 0 Å². The van der Waals surface area contributed by atoms with E-state index >= 15 is 0 Å². The molecule has 3 heteroatoms. The molecule has 1 rings (SSSR count). The van der Waals surface area contributed by atoms with Crippen molar-refractivity contribution in [2.45, 2.75) is 0 Å². The van der Waals surface area contributed by atoms with Gasteiger partial charge in [0, 0.05) is 6.54 Å². The summed E-state index contributed by atoms with van der Waals surface area (Å²) in [6, 6.07) is 7.62. The van der Waals surface area contributed by atoms with E-state index in [9.17, 15) is 0 Å². The van der Waals surface area contributed by atoms with Crippen LogP contribution in [0.2, 0.25) is 0 Å². The SMILES string of the molecule is CNC/C=C/COc1ccccc1OC. The van der Waals surface area contributed by atoms with E-state index in [1.807, 2.05) is 43.5 Å². The fourth-order valence-corrected chi connectivity index (χ4v) is 1.15. The molecule has 0 saturated carbocycles. The maximum absolute atomic E-state index is 5.54. The van der Waals surface area contributed by atoms with Gasteiger partial charge in [0.25, 0.3) is 0 Å². The first-order chi connectivity index (χ1) is 7.38. The van der Waals surface area contributed by atoms with Crippen molar-refractivity contribution in [2.24, 2.45) is 0 Å². The molecule has 0 aliphatic heterocycles. The zero-order valence-corrected chi connectivity index (χ0v) is 9.19. The summed E-state index contributed by atoms with van der Waals surface area (Å²) < 4.78 is 10.7. The highest BCUT2D eigenvalue weighted by atomic mass is 16.5. The van der Waals surface area contributed by atoms with Crippen LogP contribution in [0.25, 0.3) is 0 Å². The summed E-state index contributed by atoms with van der Waals surface area (Å²) in [7, 11) is 3.55. The topological polar surface area (TPSA) is 30.5 Å². The van der Waals surface area contributed by atoms with Gasteiger partial charge in [-0.05, 0) is 19.2 Å². The summed E-state index contributed by atoms with van der Waals surface area (Å²) in [4.78, 5) is 0. The first-order valence-corrected chi connectivity index (χ1v) is 4.94. The maximum atomic E-state index is 5.54. The second kappa shape index (κ2) is 6.90. The Morgan fingerprint density at radius 3 is 2.60 bits per heavy atom. The predicted octanol–water partition coefficient (Wildman–Crippen LogP) is 1.85. The third-order valence-corrected chi connectivity index (χ3v) is 1.89. The highest BCUT2D eigenvalue weighted by Gasteiger charge is 1.99. The van der Waals surface area contributed by atoms with Crippen LogP contribution in [0.3, 0.4) is 0 Å². The van der Waals surface area contributed by atoms with Crippen molar-refractivity contribution in [3.63, 3.8) is 0 Å². The molecule has 1 aromatic rings. The predicted molar refractivity (Wildman–Crippen MR) is 61.6 cm³/mol. The molecule has 0 heterocycles. The van der Waals surface area contributed by atoms with Gasteiger partial charge in [0.1, 0.15) is 6.61 Å². The zero-order chi connectivity index (χ0) is 10.9. The highest BCUT2D eigenvalue weighted by Crippen LogP contribution is 2.25. The van der Waals surface area contributed by atoms with Crippen LogP contribution >= 0.6 is 0 Å². The summed E-state index contributed by atoms with van der Waals surface area (Å²) in [5.41, 5.74) is 0. The monoisotopic (exact) mass is 207 g/mol. The average molecular weight is 207 g/mol. The second-order valence-corrected chi connectivity index (χ2v) is 2.99. The van der Waals surface area contributed by atoms with E-state index in [-0.39, 0.29) is 0 Å². The molecule has 3 nitrogen and oxygen atoms in total. The van der Waals surface area contributed by atoms with E-state index in [0.717, 1.165) is 18.0 Å². The largest absolute Gasteiger partial charge is 0.493 e. The molecule has 1 N–H and O–H groups in total. The number of methoxy groups -OCH3 is 1. The van der Waals surface area contributed by atoms with Crippen LogP contribution in [-0.2, 0) is 0 Å². The summed E-state index contributed by atoms with van der Waals surface area (Å²) in [5, 5.41) is 3.02. The smallest absolute Gasteiger partial charge is 0.161 e. The molecule has 0 fully saturated rings. The van der Waals surface area contributed by atoms with Crippen molar-refractivity contribution < 1.29 is 9.47 Å². The van der Waals surface area contributed by atoms with Gasteiger partial charge < -0.3 is 14.8 Å². The van der Waals surface area contributed by atoms with E-state index in [1.165, 1.54) is 0 Å². The first kappa shape index (κ1) is 11.6. The van der Waals surface area contributed by atoms with Crippen molar-refractivity contribution in [2.75, 3.05) is 27.3 Å². The molecule has 0 amide bonds.